The molecule has 1 aliphatic carbocycles. The lowest BCUT2D eigenvalue weighted by molar-refractivity contribution is 0.0356. The zero-order chi connectivity index (χ0) is 18.6. The van der Waals surface area contributed by atoms with E-state index in [1.807, 2.05) is 45.9 Å². The summed E-state index contributed by atoms with van der Waals surface area (Å²) in [6.45, 7) is 7.32. The van der Waals surface area contributed by atoms with Crippen molar-refractivity contribution >= 4 is 17.7 Å². The number of hydrogen-bond donors (Lipinski definition) is 1. The lowest BCUT2D eigenvalue weighted by atomic mass is 10.0. The fraction of sp³-hybridized carbons (Fsp3) is 0.550. The molecular weight excluding hydrogens is 338 g/mol. The predicted octanol–water partition coefficient (Wildman–Crippen LogP) is 4.70. The van der Waals surface area contributed by atoms with Crippen LogP contribution in [-0.2, 0) is 9.47 Å². The van der Waals surface area contributed by atoms with E-state index in [1.54, 1.807) is 7.11 Å². The average Bonchev–Trinajstić information content (AvgIpc) is 3.30. The molecule has 25 heavy (non-hydrogen) atoms. The topological polar surface area (TPSA) is 47.6 Å². The minimum atomic E-state index is -0.550. The van der Waals surface area contributed by atoms with Crippen LogP contribution in [-0.4, -0.2) is 24.8 Å². The summed E-state index contributed by atoms with van der Waals surface area (Å²) < 4.78 is 10.9. The van der Waals surface area contributed by atoms with Crippen LogP contribution in [0.25, 0.3) is 0 Å². The summed E-state index contributed by atoms with van der Waals surface area (Å²) in [6.07, 6.45) is 1.52. The first-order valence-electron chi connectivity index (χ1n) is 8.53. The van der Waals surface area contributed by atoms with Crippen LogP contribution >= 0.6 is 11.6 Å². The standard InChI is InChI=1S/C20H26ClNO3/c1-13(22-19(23)25-20(2,3)4)18(24-5)16-11-10-15(12-17(16)21)9-8-14-6-7-14/h10-14,18H,6-7H2,1-5H3,(H,22,23). The van der Waals surface area contributed by atoms with Gasteiger partial charge >= 0.3 is 6.09 Å². The number of carbonyl (C=O) groups excluding carboxylic acids is 1. The molecule has 2 rings (SSSR count). The van der Waals surface area contributed by atoms with E-state index in [-0.39, 0.29) is 12.1 Å². The summed E-state index contributed by atoms with van der Waals surface area (Å²) in [4.78, 5) is 12.0. The predicted molar refractivity (Wildman–Crippen MR) is 99.6 cm³/mol. The third kappa shape index (κ3) is 6.26. The number of rotatable bonds is 4. The number of halogens is 1. The maximum atomic E-state index is 12.0. The van der Waals surface area contributed by atoms with Gasteiger partial charge in [-0.1, -0.05) is 29.5 Å². The van der Waals surface area contributed by atoms with Gasteiger partial charge in [-0.25, -0.2) is 4.79 Å². The van der Waals surface area contributed by atoms with Crippen molar-refractivity contribution in [3.63, 3.8) is 0 Å². The van der Waals surface area contributed by atoms with Gasteiger partial charge in [-0.2, -0.15) is 0 Å². The minimum absolute atomic E-state index is 0.305. The van der Waals surface area contributed by atoms with Gasteiger partial charge in [0.2, 0.25) is 0 Å². The molecule has 0 bridgehead atoms. The van der Waals surface area contributed by atoms with Crippen molar-refractivity contribution in [2.75, 3.05) is 7.11 Å². The highest BCUT2D eigenvalue weighted by atomic mass is 35.5. The third-order valence-corrected chi connectivity index (χ3v) is 4.08. The molecule has 1 N–H and O–H groups in total. The molecule has 1 aromatic carbocycles. The van der Waals surface area contributed by atoms with Gasteiger partial charge < -0.3 is 14.8 Å². The van der Waals surface area contributed by atoms with Crippen LogP contribution in [0.4, 0.5) is 4.79 Å². The quantitative estimate of drug-likeness (QED) is 0.788. The van der Waals surface area contributed by atoms with Crippen molar-refractivity contribution in [1.29, 1.82) is 0 Å². The van der Waals surface area contributed by atoms with Crippen LogP contribution in [0, 0.1) is 17.8 Å². The Kier molecular flexibility index (Phi) is 6.37. The fourth-order valence-corrected chi connectivity index (χ4v) is 2.71. The van der Waals surface area contributed by atoms with Gasteiger partial charge in [0.25, 0.3) is 0 Å². The molecule has 4 nitrogen and oxygen atoms in total. The minimum Gasteiger partial charge on any atom is -0.444 e. The van der Waals surface area contributed by atoms with Crippen LogP contribution in [0.15, 0.2) is 18.2 Å². The van der Waals surface area contributed by atoms with E-state index in [9.17, 15) is 4.79 Å². The number of amides is 1. The molecule has 0 aliphatic heterocycles. The molecule has 1 fully saturated rings. The van der Waals surface area contributed by atoms with Crippen molar-refractivity contribution in [3.8, 4) is 11.8 Å². The molecule has 2 atom stereocenters. The Bertz CT molecular complexity index is 680. The van der Waals surface area contributed by atoms with Gasteiger partial charge in [-0.05, 0) is 52.7 Å². The van der Waals surface area contributed by atoms with Crippen molar-refractivity contribution in [1.82, 2.24) is 5.32 Å². The first kappa shape index (κ1) is 19.6. The van der Waals surface area contributed by atoms with Gasteiger partial charge in [0.1, 0.15) is 11.7 Å². The molecule has 0 radical (unpaired) electrons. The van der Waals surface area contributed by atoms with Crippen molar-refractivity contribution < 1.29 is 14.3 Å². The SMILES string of the molecule is COC(c1ccc(C#CC2CC2)cc1Cl)C(C)NC(=O)OC(C)(C)C. The van der Waals surface area contributed by atoms with E-state index in [0.29, 0.717) is 10.9 Å². The summed E-state index contributed by atoms with van der Waals surface area (Å²) in [5.41, 5.74) is 1.15. The summed E-state index contributed by atoms with van der Waals surface area (Å²) >= 11 is 6.43. The summed E-state index contributed by atoms with van der Waals surface area (Å²) in [5, 5.41) is 3.38. The number of nitrogens with one attached hydrogen (secondary N) is 1. The van der Waals surface area contributed by atoms with Crippen LogP contribution in [0.5, 0.6) is 0 Å². The fourth-order valence-electron chi connectivity index (χ4n) is 2.42. The van der Waals surface area contributed by atoms with E-state index >= 15 is 0 Å². The Morgan fingerprint density at radius 1 is 1.36 bits per heavy atom. The monoisotopic (exact) mass is 363 g/mol. The smallest absolute Gasteiger partial charge is 0.407 e. The molecule has 2 unspecified atom stereocenters. The molecule has 0 aromatic heterocycles. The highest BCUT2D eigenvalue weighted by molar-refractivity contribution is 6.31. The van der Waals surface area contributed by atoms with E-state index in [0.717, 1.165) is 11.1 Å². The number of benzene rings is 1. The number of alkyl carbamates (subject to hydrolysis) is 1. The Labute approximate surface area is 155 Å². The van der Waals surface area contributed by atoms with Gasteiger partial charge in [0, 0.05) is 29.2 Å². The summed E-state index contributed by atoms with van der Waals surface area (Å²) in [5.74, 6) is 6.92. The van der Waals surface area contributed by atoms with Crippen molar-refractivity contribution in [2.45, 2.75) is 58.3 Å². The molecule has 1 amide bonds. The van der Waals surface area contributed by atoms with E-state index in [1.165, 1.54) is 12.8 Å². The number of hydrogen-bond acceptors (Lipinski definition) is 3. The Hall–Kier alpha value is -1.70. The van der Waals surface area contributed by atoms with E-state index < -0.39 is 11.7 Å². The molecule has 1 aromatic rings. The molecule has 0 heterocycles. The Morgan fingerprint density at radius 3 is 2.56 bits per heavy atom. The number of methoxy groups -OCH3 is 1. The summed E-state index contributed by atoms with van der Waals surface area (Å²) in [6, 6.07) is 5.38. The molecular formula is C20H26ClNO3. The summed E-state index contributed by atoms with van der Waals surface area (Å²) in [7, 11) is 1.59. The van der Waals surface area contributed by atoms with Gasteiger partial charge in [0.15, 0.2) is 0 Å². The number of ether oxygens (including phenoxy) is 2. The second kappa shape index (κ2) is 8.12. The van der Waals surface area contributed by atoms with Crippen LogP contribution in [0.2, 0.25) is 5.02 Å². The molecule has 0 spiro atoms. The van der Waals surface area contributed by atoms with Crippen molar-refractivity contribution in [3.05, 3.63) is 34.3 Å². The van der Waals surface area contributed by atoms with Gasteiger partial charge in [-0.3, -0.25) is 0 Å². The third-order valence-electron chi connectivity index (χ3n) is 3.76. The second-order valence-electron chi connectivity index (χ2n) is 7.37. The Balaban J connectivity index is 2.08. The van der Waals surface area contributed by atoms with E-state index in [2.05, 4.69) is 17.2 Å². The second-order valence-corrected chi connectivity index (χ2v) is 7.78. The molecule has 1 saturated carbocycles. The molecule has 5 heteroatoms. The maximum absolute atomic E-state index is 12.0. The zero-order valence-electron chi connectivity index (χ0n) is 15.5. The molecule has 1 aliphatic rings. The number of carbonyl (C=O) groups is 1. The zero-order valence-corrected chi connectivity index (χ0v) is 16.2. The molecule has 136 valence electrons. The van der Waals surface area contributed by atoms with Crippen molar-refractivity contribution in [2.24, 2.45) is 5.92 Å². The first-order valence-corrected chi connectivity index (χ1v) is 8.90. The highest BCUT2D eigenvalue weighted by Crippen LogP contribution is 2.30. The van der Waals surface area contributed by atoms with E-state index in [4.69, 9.17) is 21.1 Å². The maximum Gasteiger partial charge on any atom is 0.407 e. The Morgan fingerprint density at radius 2 is 2.04 bits per heavy atom. The van der Waals surface area contributed by atoms with Gasteiger partial charge in [0.05, 0.1) is 6.04 Å². The first-order chi connectivity index (χ1) is 11.7. The largest absolute Gasteiger partial charge is 0.444 e. The lowest BCUT2D eigenvalue weighted by Crippen LogP contribution is -2.41. The average molecular weight is 364 g/mol. The van der Waals surface area contributed by atoms with Crippen LogP contribution in [0.1, 0.15) is 57.8 Å². The normalized spacial score (nSPS) is 16.4. The lowest BCUT2D eigenvalue weighted by Gasteiger charge is -2.27. The van der Waals surface area contributed by atoms with Gasteiger partial charge in [-0.15, -0.1) is 0 Å². The van der Waals surface area contributed by atoms with Crippen LogP contribution < -0.4 is 5.32 Å². The highest BCUT2D eigenvalue weighted by Gasteiger charge is 2.25. The molecule has 0 saturated heterocycles. The van der Waals surface area contributed by atoms with Crippen LogP contribution in [0.3, 0.4) is 0 Å².